The quantitative estimate of drug-likeness (QED) is 0.313. The number of carboxylic acids is 1. The summed E-state index contributed by atoms with van der Waals surface area (Å²) < 4.78 is 24.0. The maximum Gasteiger partial charge on any atom is 0.407 e. The number of nitrogens with zero attached hydrogens (tertiary/aromatic N) is 2. The van der Waals surface area contributed by atoms with Crippen LogP contribution in [0.2, 0.25) is 0 Å². The predicted octanol–water partition coefficient (Wildman–Crippen LogP) is 5.49. The van der Waals surface area contributed by atoms with E-state index >= 15 is 0 Å². The Morgan fingerprint density at radius 1 is 1.06 bits per heavy atom. The number of ether oxygens (including phenoxy) is 4. The number of halogens is 1. The average Bonchev–Trinajstić information content (AvgIpc) is 3.35. The fourth-order valence-corrected chi connectivity index (χ4v) is 8.34. The summed E-state index contributed by atoms with van der Waals surface area (Å²) in [5, 5.41) is 16.7. The van der Waals surface area contributed by atoms with E-state index in [9.17, 15) is 24.3 Å². The van der Waals surface area contributed by atoms with Crippen molar-refractivity contribution >= 4 is 50.7 Å². The van der Waals surface area contributed by atoms with Gasteiger partial charge in [-0.05, 0) is 85.9 Å². The lowest BCUT2D eigenvalue weighted by atomic mass is 10.0. The minimum Gasteiger partial charge on any atom is -0.495 e. The molecule has 2 aliphatic carbocycles. The third-order valence-electron chi connectivity index (χ3n) is 10.5. The summed E-state index contributed by atoms with van der Waals surface area (Å²) in [5.74, 6) is -0.677. The molecule has 2 saturated carbocycles. The summed E-state index contributed by atoms with van der Waals surface area (Å²) in [5.41, 5.74) is -0.772. The molecule has 2 aromatic rings. The van der Waals surface area contributed by atoms with Crippen LogP contribution in [0.5, 0.6) is 17.4 Å². The summed E-state index contributed by atoms with van der Waals surface area (Å²) in [6.07, 6.45) is 7.67. The van der Waals surface area contributed by atoms with E-state index in [-0.39, 0.29) is 37.3 Å². The molecule has 0 radical (unpaired) electrons. The number of fused-ring (bicyclic) bond motifs is 3. The van der Waals surface area contributed by atoms with Gasteiger partial charge in [-0.15, -0.1) is 0 Å². The highest BCUT2D eigenvalue weighted by molar-refractivity contribution is 9.10. The van der Waals surface area contributed by atoms with Gasteiger partial charge in [-0.1, -0.05) is 25.7 Å². The van der Waals surface area contributed by atoms with Gasteiger partial charge in [-0.25, -0.2) is 14.6 Å². The first-order valence-electron chi connectivity index (χ1n) is 17.9. The molecule has 14 heteroatoms. The highest BCUT2D eigenvalue weighted by Gasteiger charge is 2.62. The number of methoxy groups -OCH3 is 1. The lowest BCUT2D eigenvalue weighted by Gasteiger charge is -2.27. The van der Waals surface area contributed by atoms with Crippen LogP contribution in [0.4, 0.5) is 4.79 Å². The van der Waals surface area contributed by atoms with Crippen LogP contribution < -0.4 is 24.8 Å². The van der Waals surface area contributed by atoms with E-state index in [1.165, 1.54) is 4.90 Å². The Labute approximate surface area is 300 Å². The van der Waals surface area contributed by atoms with Crippen molar-refractivity contribution in [1.29, 1.82) is 0 Å². The van der Waals surface area contributed by atoms with Crippen molar-refractivity contribution in [1.82, 2.24) is 20.5 Å². The van der Waals surface area contributed by atoms with Crippen LogP contribution in [-0.4, -0.2) is 89.0 Å². The first kappa shape index (κ1) is 36.0. The second-order valence-electron chi connectivity index (χ2n) is 13.9. The first-order valence-corrected chi connectivity index (χ1v) is 18.7. The van der Waals surface area contributed by atoms with Crippen molar-refractivity contribution < 1.29 is 43.2 Å². The molecule has 0 spiro atoms. The lowest BCUT2D eigenvalue weighted by Crippen LogP contribution is -2.53. The lowest BCUT2D eigenvalue weighted by molar-refractivity contribution is -0.145. The van der Waals surface area contributed by atoms with Crippen molar-refractivity contribution in [3.63, 3.8) is 0 Å². The Morgan fingerprint density at radius 2 is 1.80 bits per heavy atom. The number of hydrogen-bond donors (Lipinski definition) is 3. The normalized spacial score (nSPS) is 27.7. The van der Waals surface area contributed by atoms with Gasteiger partial charge in [0.05, 0.1) is 30.3 Å². The highest BCUT2D eigenvalue weighted by atomic mass is 79.9. The van der Waals surface area contributed by atoms with Crippen LogP contribution in [0.25, 0.3) is 10.9 Å². The zero-order chi connectivity index (χ0) is 35.4. The number of carbonyl (C=O) groups excluding carboxylic acids is 3. The van der Waals surface area contributed by atoms with Gasteiger partial charge in [0.1, 0.15) is 35.3 Å². The van der Waals surface area contributed by atoms with Gasteiger partial charge in [0, 0.05) is 30.3 Å². The summed E-state index contributed by atoms with van der Waals surface area (Å²) in [7, 11) is 1.56. The minimum absolute atomic E-state index is 0.0254. The maximum absolute atomic E-state index is 14.1. The summed E-state index contributed by atoms with van der Waals surface area (Å²) in [6.45, 7) is 2.32. The molecule has 1 aromatic heterocycles. The molecule has 3 N–H and O–H groups in total. The highest BCUT2D eigenvalue weighted by Crippen LogP contribution is 2.48. The SMILES string of the molecule is CCOc1cc(O[C@@H]2C[C@H]3C(=O)N[C@]4(C(=O)O)C[C@H]4CCCCCC[C@H](NC(=O)OC4CCCC4)CC(=O)N3C2)c2ccc(OC)c(Br)c2n1. The van der Waals surface area contributed by atoms with Crippen molar-refractivity contribution in [2.45, 2.75) is 120 Å². The van der Waals surface area contributed by atoms with Crippen molar-refractivity contribution in [2.24, 2.45) is 5.92 Å². The summed E-state index contributed by atoms with van der Waals surface area (Å²) >= 11 is 3.58. The topological polar surface area (TPSA) is 166 Å². The third-order valence-corrected chi connectivity index (χ3v) is 11.3. The minimum atomic E-state index is -1.34. The zero-order valence-corrected chi connectivity index (χ0v) is 30.3. The van der Waals surface area contributed by atoms with Gasteiger partial charge in [0.25, 0.3) is 0 Å². The van der Waals surface area contributed by atoms with Crippen LogP contribution in [0.15, 0.2) is 22.7 Å². The summed E-state index contributed by atoms with van der Waals surface area (Å²) in [4.78, 5) is 59.6. The van der Waals surface area contributed by atoms with E-state index in [1.54, 1.807) is 19.2 Å². The number of amides is 3. The molecular formula is C36H47BrN4O9. The number of benzene rings is 1. The molecule has 50 heavy (non-hydrogen) atoms. The molecule has 2 aliphatic heterocycles. The van der Waals surface area contributed by atoms with Crippen LogP contribution in [-0.2, 0) is 19.1 Å². The Hall–Kier alpha value is -3.81. The van der Waals surface area contributed by atoms with E-state index in [0.29, 0.717) is 58.6 Å². The smallest absolute Gasteiger partial charge is 0.407 e. The van der Waals surface area contributed by atoms with Gasteiger partial charge in [0.2, 0.25) is 17.7 Å². The number of rotatable bonds is 8. The standard InChI is InChI=1S/C36H47BrN4O9/c1-3-48-29-18-28(25-14-15-27(47-2)31(37)32(25)39-29)49-24-17-26-33(43)40-36(34(44)45)19-21(36)10-6-4-5-7-11-22(16-30(42)41(26)20-24)38-35(46)50-23-12-8-9-13-23/h14-15,18,21-24,26H,3-13,16-17,19-20H2,1-2H3,(H,38,46)(H,40,43)(H,44,45)/t21-,22+,24-,26+,36-/m1/s1. The molecule has 6 rings (SSSR count). The van der Waals surface area contributed by atoms with Gasteiger partial charge in [0.15, 0.2) is 0 Å². The molecule has 4 aliphatic rings. The monoisotopic (exact) mass is 758 g/mol. The van der Waals surface area contributed by atoms with E-state index < -0.39 is 41.7 Å². The van der Waals surface area contributed by atoms with Gasteiger partial charge < -0.3 is 39.6 Å². The number of alkyl carbamates (subject to hydrolysis) is 1. The number of aromatic nitrogens is 1. The number of aliphatic carboxylic acids is 1. The van der Waals surface area contributed by atoms with Crippen molar-refractivity contribution in [2.75, 3.05) is 20.3 Å². The molecule has 4 fully saturated rings. The maximum atomic E-state index is 14.1. The van der Waals surface area contributed by atoms with Crippen molar-refractivity contribution in [3.05, 3.63) is 22.7 Å². The van der Waals surface area contributed by atoms with Gasteiger partial charge in [-0.3, -0.25) is 9.59 Å². The molecule has 1 aromatic carbocycles. The molecule has 13 nitrogen and oxygen atoms in total. The largest absolute Gasteiger partial charge is 0.495 e. The fourth-order valence-electron chi connectivity index (χ4n) is 7.75. The van der Waals surface area contributed by atoms with Crippen LogP contribution >= 0.6 is 15.9 Å². The molecule has 3 amide bonds. The van der Waals surface area contributed by atoms with E-state index in [0.717, 1.165) is 51.4 Å². The Balaban J connectivity index is 1.27. The Bertz CT molecular complexity index is 1600. The summed E-state index contributed by atoms with van der Waals surface area (Å²) in [6, 6.07) is 3.86. The second-order valence-corrected chi connectivity index (χ2v) is 14.7. The van der Waals surface area contributed by atoms with Crippen LogP contribution in [0.3, 0.4) is 0 Å². The molecule has 3 heterocycles. The number of carbonyl (C=O) groups is 4. The number of carboxylic acid groups (broad SMARTS) is 1. The first-order chi connectivity index (χ1) is 24.1. The molecular weight excluding hydrogens is 712 g/mol. The molecule has 2 saturated heterocycles. The van der Waals surface area contributed by atoms with E-state index in [2.05, 4.69) is 31.5 Å². The Kier molecular flexibility index (Phi) is 11.2. The van der Waals surface area contributed by atoms with Gasteiger partial charge in [-0.2, -0.15) is 0 Å². The number of nitrogens with one attached hydrogen (secondary N) is 2. The predicted molar refractivity (Wildman–Crippen MR) is 186 cm³/mol. The average molecular weight is 760 g/mol. The van der Waals surface area contributed by atoms with Crippen LogP contribution in [0.1, 0.15) is 90.4 Å². The van der Waals surface area contributed by atoms with Crippen LogP contribution in [0, 0.1) is 5.92 Å². The van der Waals surface area contributed by atoms with Crippen molar-refractivity contribution in [3.8, 4) is 17.4 Å². The van der Waals surface area contributed by atoms with Gasteiger partial charge >= 0.3 is 12.1 Å². The second kappa shape index (κ2) is 15.6. The fraction of sp³-hybridized carbons (Fsp3) is 0.639. The Morgan fingerprint density at radius 3 is 2.52 bits per heavy atom. The molecule has 5 atom stereocenters. The molecule has 0 bridgehead atoms. The third kappa shape index (κ3) is 7.89. The number of pyridine rings is 1. The number of hydrogen-bond acceptors (Lipinski definition) is 9. The molecule has 272 valence electrons. The molecule has 0 unspecified atom stereocenters. The van der Waals surface area contributed by atoms with E-state index in [4.69, 9.17) is 18.9 Å². The van der Waals surface area contributed by atoms with E-state index in [1.807, 2.05) is 13.0 Å². The zero-order valence-electron chi connectivity index (χ0n) is 28.7.